The van der Waals surface area contributed by atoms with Crippen LogP contribution in [0.2, 0.25) is 0 Å². The van der Waals surface area contributed by atoms with Crippen molar-refractivity contribution in [2.75, 3.05) is 19.6 Å². The zero-order valence-corrected chi connectivity index (χ0v) is 6.60. The molecular formula is C8H14N2O. The quantitative estimate of drug-likeness (QED) is 0.504. The van der Waals surface area contributed by atoms with Gasteiger partial charge in [0.2, 0.25) is 5.91 Å². The molecule has 0 aromatic heterocycles. The standard InChI is InChI=1S/C8H14N2O/c11-8-3-7-4-9-2-1-6(7)5-10-8/h6-7,9H,1-5H2,(H,10,11). The topological polar surface area (TPSA) is 41.1 Å². The monoisotopic (exact) mass is 154 g/mol. The smallest absolute Gasteiger partial charge is 0.220 e. The normalized spacial score (nSPS) is 37.6. The van der Waals surface area contributed by atoms with Gasteiger partial charge in [-0.15, -0.1) is 0 Å². The second-order valence-electron chi connectivity index (χ2n) is 3.52. The third kappa shape index (κ3) is 1.38. The molecule has 62 valence electrons. The van der Waals surface area contributed by atoms with Crippen LogP contribution in [0.3, 0.4) is 0 Å². The Morgan fingerprint density at radius 2 is 2.18 bits per heavy atom. The van der Waals surface area contributed by atoms with Crippen LogP contribution in [-0.4, -0.2) is 25.5 Å². The summed E-state index contributed by atoms with van der Waals surface area (Å²) in [7, 11) is 0. The summed E-state index contributed by atoms with van der Waals surface area (Å²) >= 11 is 0. The van der Waals surface area contributed by atoms with Gasteiger partial charge in [0.15, 0.2) is 0 Å². The largest absolute Gasteiger partial charge is 0.356 e. The summed E-state index contributed by atoms with van der Waals surface area (Å²) in [5.74, 6) is 1.58. The minimum atomic E-state index is 0.231. The van der Waals surface area contributed by atoms with E-state index < -0.39 is 0 Å². The number of carbonyl (C=O) groups excluding carboxylic acids is 1. The maximum absolute atomic E-state index is 11.0. The molecule has 0 aromatic carbocycles. The highest BCUT2D eigenvalue weighted by molar-refractivity contribution is 5.77. The Morgan fingerprint density at radius 3 is 3.09 bits per heavy atom. The van der Waals surface area contributed by atoms with Crippen LogP contribution >= 0.6 is 0 Å². The van der Waals surface area contributed by atoms with Crippen molar-refractivity contribution >= 4 is 5.91 Å². The molecule has 2 unspecified atom stereocenters. The van der Waals surface area contributed by atoms with Crippen molar-refractivity contribution < 1.29 is 4.79 Å². The van der Waals surface area contributed by atoms with E-state index in [0.29, 0.717) is 5.92 Å². The van der Waals surface area contributed by atoms with Crippen LogP contribution in [0.4, 0.5) is 0 Å². The molecule has 0 saturated carbocycles. The molecule has 2 heterocycles. The van der Waals surface area contributed by atoms with Gasteiger partial charge in [0.05, 0.1) is 0 Å². The van der Waals surface area contributed by atoms with Crippen molar-refractivity contribution in [2.45, 2.75) is 12.8 Å². The van der Waals surface area contributed by atoms with Crippen LogP contribution in [0.5, 0.6) is 0 Å². The summed E-state index contributed by atoms with van der Waals surface area (Å²) in [5, 5.41) is 6.24. The summed E-state index contributed by atoms with van der Waals surface area (Å²) in [5.41, 5.74) is 0. The molecule has 0 radical (unpaired) electrons. The molecule has 3 nitrogen and oxygen atoms in total. The first-order valence-corrected chi connectivity index (χ1v) is 4.33. The Labute approximate surface area is 66.5 Å². The Hall–Kier alpha value is -0.570. The van der Waals surface area contributed by atoms with Crippen molar-refractivity contribution in [2.24, 2.45) is 11.8 Å². The number of nitrogens with one attached hydrogen (secondary N) is 2. The highest BCUT2D eigenvalue weighted by atomic mass is 16.1. The van der Waals surface area contributed by atoms with Gasteiger partial charge in [0.1, 0.15) is 0 Å². The van der Waals surface area contributed by atoms with Crippen LogP contribution < -0.4 is 10.6 Å². The molecule has 2 saturated heterocycles. The van der Waals surface area contributed by atoms with Crippen LogP contribution in [0.1, 0.15) is 12.8 Å². The Balaban J connectivity index is 1.98. The van der Waals surface area contributed by atoms with Crippen molar-refractivity contribution in [1.82, 2.24) is 10.6 Å². The minimum absolute atomic E-state index is 0.231. The maximum Gasteiger partial charge on any atom is 0.220 e. The number of amides is 1. The van der Waals surface area contributed by atoms with Gasteiger partial charge in [-0.2, -0.15) is 0 Å². The predicted molar refractivity (Wildman–Crippen MR) is 42.1 cm³/mol. The first-order valence-electron chi connectivity index (χ1n) is 4.33. The van der Waals surface area contributed by atoms with Gasteiger partial charge in [0, 0.05) is 13.0 Å². The molecule has 2 aliphatic heterocycles. The van der Waals surface area contributed by atoms with E-state index in [1.54, 1.807) is 0 Å². The molecular weight excluding hydrogens is 140 g/mol. The van der Waals surface area contributed by atoms with Gasteiger partial charge >= 0.3 is 0 Å². The average Bonchev–Trinajstić information content (AvgIpc) is 2.04. The molecule has 2 fully saturated rings. The molecule has 1 amide bonds. The zero-order chi connectivity index (χ0) is 7.68. The number of fused-ring (bicyclic) bond motifs is 1. The molecule has 2 atom stereocenters. The maximum atomic E-state index is 11.0. The summed E-state index contributed by atoms with van der Waals surface area (Å²) in [6, 6.07) is 0. The molecule has 0 bridgehead atoms. The average molecular weight is 154 g/mol. The second kappa shape index (κ2) is 2.81. The summed E-state index contributed by atoms with van der Waals surface area (Å²) < 4.78 is 0. The third-order valence-electron chi connectivity index (χ3n) is 2.77. The lowest BCUT2D eigenvalue weighted by Gasteiger charge is -2.35. The van der Waals surface area contributed by atoms with Crippen molar-refractivity contribution in [3.8, 4) is 0 Å². The SMILES string of the molecule is O=C1CC2CNCCC2CN1. The van der Waals surface area contributed by atoms with Gasteiger partial charge in [0.25, 0.3) is 0 Å². The minimum Gasteiger partial charge on any atom is -0.356 e. The first-order chi connectivity index (χ1) is 5.36. The van der Waals surface area contributed by atoms with Gasteiger partial charge in [-0.25, -0.2) is 0 Å². The lowest BCUT2D eigenvalue weighted by atomic mass is 9.81. The second-order valence-corrected chi connectivity index (χ2v) is 3.52. The fourth-order valence-electron chi connectivity index (χ4n) is 2.04. The van der Waals surface area contributed by atoms with E-state index in [-0.39, 0.29) is 5.91 Å². The summed E-state index contributed by atoms with van der Waals surface area (Å²) in [6.07, 6.45) is 1.96. The molecule has 0 aliphatic carbocycles. The Kier molecular flexibility index (Phi) is 1.82. The summed E-state index contributed by atoms with van der Waals surface area (Å²) in [6.45, 7) is 3.07. The number of rotatable bonds is 0. The van der Waals surface area contributed by atoms with Crippen LogP contribution in [0.15, 0.2) is 0 Å². The van der Waals surface area contributed by atoms with E-state index in [0.717, 1.165) is 32.0 Å². The van der Waals surface area contributed by atoms with Crippen LogP contribution in [-0.2, 0) is 4.79 Å². The zero-order valence-electron chi connectivity index (χ0n) is 6.60. The van der Waals surface area contributed by atoms with Crippen molar-refractivity contribution in [3.05, 3.63) is 0 Å². The molecule has 2 aliphatic rings. The lowest BCUT2D eigenvalue weighted by molar-refractivity contribution is -0.125. The lowest BCUT2D eigenvalue weighted by Crippen LogP contribution is -2.48. The highest BCUT2D eigenvalue weighted by Gasteiger charge is 2.30. The highest BCUT2D eigenvalue weighted by Crippen LogP contribution is 2.24. The molecule has 3 heteroatoms. The number of hydrogen-bond acceptors (Lipinski definition) is 2. The number of piperidine rings is 2. The fourth-order valence-corrected chi connectivity index (χ4v) is 2.04. The van der Waals surface area contributed by atoms with Gasteiger partial charge in [-0.3, -0.25) is 4.79 Å². The Bertz CT molecular complexity index is 169. The summed E-state index contributed by atoms with van der Waals surface area (Å²) in [4.78, 5) is 11.0. The van der Waals surface area contributed by atoms with Crippen LogP contribution in [0.25, 0.3) is 0 Å². The van der Waals surface area contributed by atoms with Gasteiger partial charge < -0.3 is 10.6 Å². The molecule has 2 N–H and O–H groups in total. The van der Waals surface area contributed by atoms with E-state index in [4.69, 9.17) is 0 Å². The van der Waals surface area contributed by atoms with E-state index >= 15 is 0 Å². The number of hydrogen-bond donors (Lipinski definition) is 2. The third-order valence-corrected chi connectivity index (χ3v) is 2.77. The van der Waals surface area contributed by atoms with Gasteiger partial charge in [-0.1, -0.05) is 0 Å². The molecule has 0 aromatic rings. The van der Waals surface area contributed by atoms with E-state index in [1.807, 2.05) is 0 Å². The van der Waals surface area contributed by atoms with Crippen LogP contribution in [0, 0.1) is 11.8 Å². The molecule has 11 heavy (non-hydrogen) atoms. The van der Waals surface area contributed by atoms with Crippen molar-refractivity contribution in [1.29, 1.82) is 0 Å². The fraction of sp³-hybridized carbons (Fsp3) is 0.875. The van der Waals surface area contributed by atoms with E-state index in [1.165, 1.54) is 6.42 Å². The Morgan fingerprint density at radius 1 is 1.27 bits per heavy atom. The van der Waals surface area contributed by atoms with Gasteiger partial charge in [-0.05, 0) is 31.3 Å². The first kappa shape index (κ1) is 7.10. The molecule has 2 rings (SSSR count). The predicted octanol–water partition coefficient (Wildman–Crippen LogP) is -0.268. The molecule has 0 spiro atoms. The van der Waals surface area contributed by atoms with E-state index in [2.05, 4.69) is 10.6 Å². The van der Waals surface area contributed by atoms with Crippen molar-refractivity contribution in [3.63, 3.8) is 0 Å². The number of carbonyl (C=O) groups is 1. The van der Waals surface area contributed by atoms with E-state index in [9.17, 15) is 4.79 Å².